The summed E-state index contributed by atoms with van der Waals surface area (Å²) in [5.41, 5.74) is 0.532. The van der Waals surface area contributed by atoms with Gasteiger partial charge in [0.2, 0.25) is 0 Å². The molecule has 1 heterocycles. The fourth-order valence-electron chi connectivity index (χ4n) is 4.20. The van der Waals surface area contributed by atoms with E-state index in [9.17, 15) is 19.3 Å². The number of esters is 1. The van der Waals surface area contributed by atoms with E-state index in [4.69, 9.17) is 28.4 Å². The molecule has 3 rings (SSSR count). The molecule has 1 atom stereocenters. The van der Waals surface area contributed by atoms with E-state index in [1.165, 1.54) is 59.6 Å². The molecule has 1 fully saturated rings. The lowest BCUT2D eigenvalue weighted by Gasteiger charge is -2.26. The first kappa shape index (κ1) is 29.0. The summed E-state index contributed by atoms with van der Waals surface area (Å²) < 4.78 is 31.5. The molecule has 0 bridgehead atoms. The molecule has 13 nitrogen and oxygen atoms in total. The molecule has 1 aliphatic rings. The predicted molar refractivity (Wildman–Crippen MR) is 139 cm³/mol. The van der Waals surface area contributed by atoms with Crippen molar-refractivity contribution in [3.05, 3.63) is 40.3 Å². The van der Waals surface area contributed by atoms with Gasteiger partial charge in [0.1, 0.15) is 18.9 Å². The van der Waals surface area contributed by atoms with Crippen LogP contribution in [0.2, 0.25) is 0 Å². The molecule has 0 radical (unpaired) electrons. The van der Waals surface area contributed by atoms with Crippen LogP contribution in [0.1, 0.15) is 35.7 Å². The molecule has 210 valence electrons. The first-order chi connectivity index (χ1) is 18.8. The highest BCUT2D eigenvalue weighted by atomic mass is 16.6. The van der Waals surface area contributed by atoms with Crippen molar-refractivity contribution in [1.29, 1.82) is 0 Å². The van der Waals surface area contributed by atoms with E-state index in [-0.39, 0.29) is 53.3 Å². The van der Waals surface area contributed by atoms with Crippen molar-refractivity contribution in [3.8, 4) is 23.0 Å². The van der Waals surface area contributed by atoms with Gasteiger partial charge >= 0.3 is 12.1 Å². The van der Waals surface area contributed by atoms with Crippen LogP contribution in [-0.4, -0.2) is 70.5 Å². The van der Waals surface area contributed by atoms with Gasteiger partial charge in [-0.25, -0.2) is 4.79 Å². The van der Waals surface area contributed by atoms with E-state index in [0.29, 0.717) is 24.5 Å². The lowest BCUT2D eigenvalue weighted by atomic mass is 10.1. The van der Waals surface area contributed by atoms with Gasteiger partial charge < -0.3 is 33.3 Å². The minimum Gasteiger partial charge on any atom is -0.493 e. The smallest absolute Gasteiger partial charge is 0.411 e. The fourth-order valence-corrected chi connectivity index (χ4v) is 4.20. The van der Waals surface area contributed by atoms with E-state index in [0.717, 1.165) is 6.42 Å². The molecule has 39 heavy (non-hydrogen) atoms. The number of anilines is 1. The zero-order valence-corrected chi connectivity index (χ0v) is 22.4. The highest BCUT2D eigenvalue weighted by Crippen LogP contribution is 2.37. The molecule has 0 aliphatic carbocycles. The SMILES string of the molecule is COc1cc(COC(=O)Nc2cc(OC)c(OC)cc2C(=O)N2CCC[C@H]2COC(C)=O)c(N=O)cc1OC. The highest BCUT2D eigenvalue weighted by molar-refractivity contribution is 6.03. The third-order valence-electron chi connectivity index (χ3n) is 6.15. The summed E-state index contributed by atoms with van der Waals surface area (Å²) in [6.07, 6.45) is 0.491. The maximum atomic E-state index is 13.6. The minimum absolute atomic E-state index is 0.00953. The van der Waals surface area contributed by atoms with Crippen molar-refractivity contribution < 1.29 is 42.8 Å². The number of hydrogen-bond acceptors (Lipinski definition) is 11. The number of rotatable bonds is 11. The Morgan fingerprint density at radius 1 is 0.923 bits per heavy atom. The van der Waals surface area contributed by atoms with E-state index in [2.05, 4.69) is 10.5 Å². The van der Waals surface area contributed by atoms with Gasteiger partial charge in [-0.05, 0) is 30.2 Å². The van der Waals surface area contributed by atoms with Crippen molar-refractivity contribution in [1.82, 2.24) is 4.90 Å². The van der Waals surface area contributed by atoms with Crippen molar-refractivity contribution in [2.45, 2.75) is 32.4 Å². The van der Waals surface area contributed by atoms with Crippen LogP contribution in [0, 0.1) is 4.91 Å². The van der Waals surface area contributed by atoms with Gasteiger partial charge in [0.25, 0.3) is 5.91 Å². The molecule has 1 saturated heterocycles. The Morgan fingerprint density at radius 2 is 1.54 bits per heavy atom. The van der Waals surface area contributed by atoms with Crippen molar-refractivity contribution in [3.63, 3.8) is 0 Å². The second-order valence-electron chi connectivity index (χ2n) is 8.48. The molecule has 2 amide bonds. The summed E-state index contributed by atoms with van der Waals surface area (Å²) in [5, 5.41) is 5.53. The van der Waals surface area contributed by atoms with Crippen LogP contribution in [-0.2, 0) is 20.9 Å². The number of ether oxygens (including phenoxy) is 6. The number of nitroso groups, excluding NO2 is 1. The summed E-state index contributed by atoms with van der Waals surface area (Å²) in [6, 6.07) is 5.44. The maximum Gasteiger partial charge on any atom is 0.411 e. The minimum atomic E-state index is -0.902. The van der Waals surface area contributed by atoms with Crippen LogP contribution in [0.15, 0.2) is 29.4 Å². The quantitative estimate of drug-likeness (QED) is 0.324. The maximum absolute atomic E-state index is 13.6. The third kappa shape index (κ3) is 6.86. The third-order valence-corrected chi connectivity index (χ3v) is 6.15. The predicted octanol–water partition coefficient (Wildman–Crippen LogP) is 4.04. The van der Waals surface area contributed by atoms with Crippen LogP contribution in [0.25, 0.3) is 0 Å². The van der Waals surface area contributed by atoms with Gasteiger partial charge in [0, 0.05) is 31.2 Å². The van der Waals surface area contributed by atoms with Gasteiger partial charge in [0.15, 0.2) is 23.0 Å². The number of nitrogens with zero attached hydrogens (tertiary/aromatic N) is 2. The molecule has 1 N–H and O–H groups in total. The average molecular weight is 546 g/mol. The summed E-state index contributed by atoms with van der Waals surface area (Å²) in [4.78, 5) is 50.6. The van der Waals surface area contributed by atoms with Gasteiger partial charge in [-0.3, -0.25) is 14.9 Å². The average Bonchev–Trinajstić information content (AvgIpc) is 3.42. The van der Waals surface area contributed by atoms with E-state index in [1.807, 2.05) is 0 Å². The normalized spacial score (nSPS) is 14.3. The standard InChI is InChI=1S/C26H31N3O10/c1-15(30)38-14-17-7-6-8-29(17)25(31)18-10-22(35-3)24(37-5)12-20(18)27-26(32)39-13-16-9-21(34-2)23(36-4)11-19(16)28-33/h9-12,17H,6-8,13-14H2,1-5H3,(H,27,32)/t17-/m0/s1. The van der Waals surface area contributed by atoms with Crippen LogP contribution >= 0.6 is 0 Å². The van der Waals surface area contributed by atoms with Gasteiger partial charge in [0.05, 0.1) is 45.7 Å². The van der Waals surface area contributed by atoms with Crippen molar-refractivity contribution in [2.75, 3.05) is 46.9 Å². The lowest BCUT2D eigenvalue weighted by Crippen LogP contribution is -2.39. The molecule has 2 aromatic carbocycles. The number of likely N-dealkylation sites (tertiary alicyclic amines) is 1. The molecule has 0 spiro atoms. The zero-order valence-electron chi connectivity index (χ0n) is 22.4. The van der Waals surface area contributed by atoms with Gasteiger partial charge in [-0.2, -0.15) is 0 Å². The Labute approximate surface area is 225 Å². The topological polar surface area (TPSA) is 151 Å². The van der Waals surface area contributed by atoms with E-state index < -0.39 is 18.0 Å². The number of nitrogens with one attached hydrogen (secondary N) is 1. The number of hydrogen-bond donors (Lipinski definition) is 1. The zero-order chi connectivity index (χ0) is 28.5. The second kappa shape index (κ2) is 13.3. The number of carbonyl (C=O) groups excluding carboxylic acids is 3. The molecule has 0 aromatic heterocycles. The Kier molecular flexibility index (Phi) is 9.90. The van der Waals surface area contributed by atoms with Crippen LogP contribution < -0.4 is 24.3 Å². The van der Waals surface area contributed by atoms with Crippen molar-refractivity contribution in [2.24, 2.45) is 5.18 Å². The van der Waals surface area contributed by atoms with Gasteiger partial charge in [-0.15, -0.1) is 4.91 Å². The summed E-state index contributed by atoms with van der Waals surface area (Å²) in [6.45, 7) is 1.50. The van der Waals surface area contributed by atoms with Crippen LogP contribution in [0.4, 0.5) is 16.2 Å². The first-order valence-corrected chi connectivity index (χ1v) is 12.0. The van der Waals surface area contributed by atoms with Crippen LogP contribution in [0.5, 0.6) is 23.0 Å². The molecule has 0 saturated carbocycles. The van der Waals surface area contributed by atoms with Crippen molar-refractivity contribution >= 4 is 29.3 Å². The Morgan fingerprint density at radius 3 is 2.15 bits per heavy atom. The molecule has 0 unspecified atom stereocenters. The van der Waals surface area contributed by atoms with E-state index >= 15 is 0 Å². The Balaban J connectivity index is 1.85. The first-order valence-electron chi connectivity index (χ1n) is 12.0. The van der Waals surface area contributed by atoms with E-state index in [1.54, 1.807) is 4.90 Å². The summed E-state index contributed by atoms with van der Waals surface area (Å²) in [7, 11) is 5.69. The Hall–Kier alpha value is -4.55. The largest absolute Gasteiger partial charge is 0.493 e. The molecular formula is C26H31N3O10. The number of methoxy groups -OCH3 is 4. The molecule has 1 aliphatic heterocycles. The fraction of sp³-hybridized carbons (Fsp3) is 0.423. The van der Waals surface area contributed by atoms with Gasteiger partial charge in [-0.1, -0.05) is 0 Å². The monoisotopic (exact) mass is 545 g/mol. The summed E-state index contributed by atoms with van der Waals surface area (Å²) >= 11 is 0. The number of amides is 2. The summed E-state index contributed by atoms with van der Waals surface area (Å²) in [5.74, 6) is 0.339. The number of carbonyl (C=O) groups is 3. The highest BCUT2D eigenvalue weighted by Gasteiger charge is 2.32. The number of benzene rings is 2. The second-order valence-corrected chi connectivity index (χ2v) is 8.48. The van der Waals surface area contributed by atoms with Crippen LogP contribution in [0.3, 0.4) is 0 Å². The molecular weight excluding hydrogens is 514 g/mol. The molecule has 2 aromatic rings. The lowest BCUT2D eigenvalue weighted by molar-refractivity contribution is -0.142. The molecule has 13 heteroatoms. The Bertz CT molecular complexity index is 1230.